The first-order valence-electron chi connectivity index (χ1n) is 16.1. The molecule has 6 atom stereocenters. The summed E-state index contributed by atoms with van der Waals surface area (Å²) < 4.78 is 16.5. The zero-order chi connectivity index (χ0) is 32.8. The Labute approximate surface area is 270 Å². The number of amides is 2. The van der Waals surface area contributed by atoms with E-state index in [1.54, 1.807) is 12.4 Å². The van der Waals surface area contributed by atoms with E-state index in [1.165, 1.54) is 0 Å². The molecule has 0 bridgehead atoms. The Morgan fingerprint density at radius 1 is 1.02 bits per heavy atom. The molecule has 4 N–H and O–H groups in total. The standard InChI is InChI=1S/C36H46FN5O4/c1-36(2,3)40-35(46)29-22-41(21-25-12-9-15-38-20-25)16-17-42(29)23-31(44)32(37)28(18-24-10-5-4-6-11-24)34(45)39-33-27-14-8-7-13-26(27)19-30(33)43/h4-15,20,28-33,43-44H,16-19,21-23H2,1-3H3,(H,39,45)(H,40,46)/t28-,29+,30-,31+,32+,33?/m1/s1. The van der Waals surface area contributed by atoms with Crippen molar-refractivity contribution in [2.45, 2.75) is 76.2 Å². The molecule has 0 saturated carbocycles. The number of piperazine rings is 1. The number of nitrogens with zero attached hydrogens (tertiary/aromatic N) is 3. The van der Waals surface area contributed by atoms with Crippen molar-refractivity contribution < 1.29 is 24.2 Å². The number of alkyl halides is 1. The fourth-order valence-corrected chi connectivity index (χ4v) is 6.53. The van der Waals surface area contributed by atoms with E-state index in [0.29, 0.717) is 32.6 Å². The number of fused-ring (bicyclic) bond motifs is 1. The third-order valence-electron chi connectivity index (χ3n) is 8.82. The molecule has 1 saturated heterocycles. The third-order valence-corrected chi connectivity index (χ3v) is 8.82. The van der Waals surface area contributed by atoms with Gasteiger partial charge in [-0.1, -0.05) is 60.7 Å². The Bertz CT molecular complexity index is 1450. The fourth-order valence-electron chi connectivity index (χ4n) is 6.53. The Hall–Kier alpha value is -3.70. The SMILES string of the molecule is CC(C)(C)NC(=O)[C@@H]1CN(Cc2cccnc2)CCN1C[C@H](O)[C@@H](F)[C@@H](Cc1ccccc1)C(=O)NC1c2ccccc2C[C@H]1O. The molecule has 2 amide bonds. The van der Waals surface area contributed by atoms with Crippen LogP contribution >= 0.6 is 0 Å². The zero-order valence-corrected chi connectivity index (χ0v) is 26.8. The van der Waals surface area contributed by atoms with Gasteiger partial charge in [-0.3, -0.25) is 24.4 Å². The van der Waals surface area contributed by atoms with Crippen LogP contribution in [0.2, 0.25) is 0 Å². The highest BCUT2D eigenvalue weighted by Crippen LogP contribution is 2.32. The minimum Gasteiger partial charge on any atom is -0.390 e. The number of hydrogen-bond acceptors (Lipinski definition) is 7. The second-order valence-electron chi connectivity index (χ2n) is 13.6. The highest BCUT2D eigenvalue weighted by molar-refractivity contribution is 5.83. The van der Waals surface area contributed by atoms with Gasteiger partial charge in [0.25, 0.3) is 0 Å². The van der Waals surface area contributed by atoms with Gasteiger partial charge in [-0.25, -0.2) is 4.39 Å². The average molecular weight is 632 g/mol. The van der Waals surface area contributed by atoms with Crippen LogP contribution in [0.4, 0.5) is 4.39 Å². The molecule has 246 valence electrons. The number of aromatic nitrogens is 1. The summed E-state index contributed by atoms with van der Waals surface area (Å²) in [7, 11) is 0. The van der Waals surface area contributed by atoms with Gasteiger partial charge in [0.1, 0.15) is 12.2 Å². The van der Waals surface area contributed by atoms with E-state index in [1.807, 2.05) is 92.4 Å². The second-order valence-corrected chi connectivity index (χ2v) is 13.6. The predicted octanol–water partition coefficient (Wildman–Crippen LogP) is 2.81. The maximum absolute atomic E-state index is 16.5. The van der Waals surface area contributed by atoms with Gasteiger partial charge in [-0.15, -0.1) is 0 Å². The van der Waals surface area contributed by atoms with Crippen molar-refractivity contribution in [3.63, 3.8) is 0 Å². The van der Waals surface area contributed by atoms with Crippen LogP contribution in [0.25, 0.3) is 0 Å². The first-order valence-corrected chi connectivity index (χ1v) is 16.1. The molecule has 1 aliphatic carbocycles. The molecule has 3 aromatic rings. The highest BCUT2D eigenvalue weighted by atomic mass is 19.1. The Kier molecular flexibility index (Phi) is 10.8. The van der Waals surface area contributed by atoms with Gasteiger partial charge >= 0.3 is 0 Å². The van der Waals surface area contributed by atoms with E-state index < -0.39 is 47.8 Å². The fraction of sp³-hybridized carbons (Fsp3) is 0.472. The lowest BCUT2D eigenvalue weighted by Crippen LogP contribution is -2.62. The molecule has 1 aromatic heterocycles. The molecule has 5 rings (SSSR count). The van der Waals surface area contributed by atoms with Gasteiger partial charge in [0.05, 0.1) is 24.2 Å². The summed E-state index contributed by atoms with van der Waals surface area (Å²) >= 11 is 0. The van der Waals surface area contributed by atoms with E-state index >= 15 is 4.39 Å². The minimum atomic E-state index is -1.92. The van der Waals surface area contributed by atoms with Crippen LogP contribution in [-0.2, 0) is 29.0 Å². The summed E-state index contributed by atoms with van der Waals surface area (Å²) in [6.07, 6.45) is -0.292. The number of rotatable bonds is 11. The van der Waals surface area contributed by atoms with Gasteiger partial charge < -0.3 is 20.8 Å². The van der Waals surface area contributed by atoms with Gasteiger partial charge in [0, 0.05) is 57.1 Å². The molecule has 2 aliphatic rings. The number of hydrogen-bond donors (Lipinski definition) is 4. The maximum Gasteiger partial charge on any atom is 0.239 e. The monoisotopic (exact) mass is 631 g/mol. The maximum atomic E-state index is 16.5. The average Bonchev–Trinajstić information content (AvgIpc) is 3.34. The first-order chi connectivity index (χ1) is 22.0. The summed E-state index contributed by atoms with van der Waals surface area (Å²) in [5.74, 6) is -1.98. The van der Waals surface area contributed by atoms with Gasteiger partial charge in [-0.05, 0) is 55.5 Å². The zero-order valence-electron chi connectivity index (χ0n) is 26.8. The van der Waals surface area contributed by atoms with Crippen LogP contribution < -0.4 is 10.6 Å². The van der Waals surface area contributed by atoms with E-state index in [4.69, 9.17) is 0 Å². The first kappa shape index (κ1) is 33.7. The van der Waals surface area contributed by atoms with Crippen LogP contribution in [0.3, 0.4) is 0 Å². The largest absolute Gasteiger partial charge is 0.390 e. The summed E-state index contributed by atoms with van der Waals surface area (Å²) in [5.41, 5.74) is 3.07. The Balaban J connectivity index is 1.32. The van der Waals surface area contributed by atoms with Gasteiger partial charge in [0.2, 0.25) is 11.8 Å². The number of benzene rings is 2. The number of aliphatic hydroxyl groups is 2. The number of β-amino-alcohol motifs (C(OH)–C–C–N with tert-alkyl or cyclic N) is 1. The van der Waals surface area contributed by atoms with Crippen LogP contribution in [0, 0.1) is 5.92 Å². The summed E-state index contributed by atoms with van der Waals surface area (Å²) in [4.78, 5) is 35.5. The van der Waals surface area contributed by atoms with Crippen molar-refractivity contribution in [3.8, 4) is 0 Å². The molecule has 10 heteroatoms. The second kappa shape index (κ2) is 14.8. The number of pyridine rings is 1. The van der Waals surface area contributed by atoms with Crippen molar-refractivity contribution in [1.29, 1.82) is 0 Å². The van der Waals surface area contributed by atoms with Gasteiger partial charge in [-0.2, -0.15) is 0 Å². The number of aliphatic hydroxyl groups excluding tert-OH is 2. The smallest absolute Gasteiger partial charge is 0.239 e. The van der Waals surface area contributed by atoms with Gasteiger partial charge in [0.15, 0.2) is 0 Å². The molecule has 1 aliphatic heterocycles. The number of halogens is 1. The quantitative estimate of drug-likeness (QED) is 0.257. The predicted molar refractivity (Wildman–Crippen MR) is 174 cm³/mol. The van der Waals surface area contributed by atoms with Crippen LogP contribution in [0.15, 0.2) is 79.1 Å². The van der Waals surface area contributed by atoms with Crippen molar-refractivity contribution in [1.82, 2.24) is 25.4 Å². The Morgan fingerprint density at radius 2 is 1.74 bits per heavy atom. The van der Waals surface area contributed by atoms with Crippen molar-refractivity contribution in [2.75, 3.05) is 26.2 Å². The Morgan fingerprint density at radius 3 is 2.46 bits per heavy atom. The topological polar surface area (TPSA) is 118 Å². The normalized spacial score (nSPS) is 22.4. The lowest BCUT2D eigenvalue weighted by molar-refractivity contribution is -0.135. The summed E-state index contributed by atoms with van der Waals surface area (Å²) in [5, 5.41) is 28.1. The molecule has 0 radical (unpaired) electrons. The lowest BCUT2D eigenvalue weighted by atomic mass is 9.90. The number of carbonyl (C=O) groups excluding carboxylic acids is 2. The minimum absolute atomic E-state index is 0.0716. The van der Waals surface area contributed by atoms with Crippen LogP contribution in [-0.4, -0.2) is 93.0 Å². The third kappa shape index (κ3) is 8.55. The van der Waals surface area contributed by atoms with Crippen LogP contribution in [0.5, 0.6) is 0 Å². The molecular weight excluding hydrogens is 585 g/mol. The summed E-state index contributed by atoms with van der Waals surface area (Å²) in [6.45, 7) is 7.67. The molecule has 9 nitrogen and oxygen atoms in total. The van der Waals surface area contributed by atoms with E-state index in [2.05, 4.69) is 20.5 Å². The van der Waals surface area contributed by atoms with E-state index in [-0.39, 0.29) is 18.9 Å². The molecule has 1 unspecified atom stereocenters. The van der Waals surface area contributed by atoms with E-state index in [9.17, 15) is 19.8 Å². The van der Waals surface area contributed by atoms with Crippen molar-refractivity contribution >= 4 is 11.8 Å². The lowest BCUT2D eigenvalue weighted by Gasteiger charge is -2.42. The highest BCUT2D eigenvalue weighted by Gasteiger charge is 2.41. The molecule has 2 heterocycles. The summed E-state index contributed by atoms with van der Waals surface area (Å²) in [6, 6.07) is 19.2. The van der Waals surface area contributed by atoms with E-state index in [0.717, 1.165) is 22.3 Å². The van der Waals surface area contributed by atoms with Crippen LogP contribution in [0.1, 0.15) is 49.1 Å². The number of carbonyl (C=O) groups is 2. The van der Waals surface area contributed by atoms with Crippen molar-refractivity contribution in [2.24, 2.45) is 5.92 Å². The molecule has 0 spiro atoms. The molecule has 46 heavy (non-hydrogen) atoms. The van der Waals surface area contributed by atoms with Crippen molar-refractivity contribution in [3.05, 3.63) is 101 Å². The molecule has 2 aromatic carbocycles. The molecule has 1 fully saturated rings. The number of nitrogens with one attached hydrogen (secondary N) is 2. The molecular formula is C36H46FN5O4.